The standard InChI is InChI=1S/C18H19N3O6S/c22-17(20-21-18(23)13-4-2-1-3-5-13)8-9-19-28(24,25)14-6-7-15-16(12-14)27-11-10-26-15/h1-7,12,19H,8-11H2,(H,20,22)(H,21,23). The van der Waals surface area contributed by atoms with Crippen molar-refractivity contribution in [1.29, 1.82) is 0 Å². The Morgan fingerprint density at radius 1 is 0.929 bits per heavy atom. The zero-order valence-corrected chi connectivity index (χ0v) is 15.6. The summed E-state index contributed by atoms with van der Waals surface area (Å²) in [5.41, 5.74) is 4.89. The second-order valence-electron chi connectivity index (χ2n) is 5.82. The summed E-state index contributed by atoms with van der Waals surface area (Å²) in [6, 6.07) is 12.7. The van der Waals surface area contributed by atoms with Crippen molar-refractivity contribution in [1.82, 2.24) is 15.6 Å². The van der Waals surface area contributed by atoms with E-state index >= 15 is 0 Å². The second-order valence-corrected chi connectivity index (χ2v) is 7.59. The average molecular weight is 405 g/mol. The highest BCUT2D eigenvalue weighted by molar-refractivity contribution is 7.89. The molecule has 2 aromatic carbocycles. The van der Waals surface area contributed by atoms with E-state index in [9.17, 15) is 18.0 Å². The van der Waals surface area contributed by atoms with Crippen LogP contribution in [0.3, 0.4) is 0 Å². The Labute approximate surface area is 162 Å². The van der Waals surface area contributed by atoms with E-state index in [1.807, 2.05) is 0 Å². The van der Waals surface area contributed by atoms with Gasteiger partial charge in [-0.2, -0.15) is 0 Å². The fourth-order valence-electron chi connectivity index (χ4n) is 2.42. The van der Waals surface area contributed by atoms with Gasteiger partial charge in [-0.05, 0) is 24.3 Å². The fraction of sp³-hybridized carbons (Fsp3) is 0.222. The molecule has 0 spiro atoms. The van der Waals surface area contributed by atoms with Gasteiger partial charge in [0.15, 0.2) is 11.5 Å². The molecule has 3 rings (SSSR count). The lowest BCUT2D eigenvalue weighted by Gasteiger charge is -2.18. The van der Waals surface area contributed by atoms with Crippen LogP contribution in [-0.2, 0) is 14.8 Å². The molecule has 3 N–H and O–H groups in total. The predicted octanol–water partition coefficient (Wildman–Crippen LogP) is 0.587. The second kappa shape index (κ2) is 8.72. The maximum absolute atomic E-state index is 12.3. The number of sulfonamides is 1. The molecule has 2 aromatic rings. The van der Waals surface area contributed by atoms with E-state index in [-0.39, 0.29) is 17.9 Å². The quantitative estimate of drug-likeness (QED) is 0.605. The average Bonchev–Trinajstić information content (AvgIpc) is 2.72. The summed E-state index contributed by atoms with van der Waals surface area (Å²) in [7, 11) is -3.82. The van der Waals surface area contributed by atoms with Crippen LogP contribution in [0.5, 0.6) is 11.5 Å². The summed E-state index contributed by atoms with van der Waals surface area (Å²) >= 11 is 0. The van der Waals surface area contributed by atoms with Gasteiger partial charge in [0.05, 0.1) is 4.90 Å². The van der Waals surface area contributed by atoms with Crippen LogP contribution in [-0.4, -0.2) is 40.0 Å². The normalized spacial score (nSPS) is 12.9. The molecule has 0 unspecified atom stereocenters. The lowest BCUT2D eigenvalue weighted by Crippen LogP contribution is -2.42. The Morgan fingerprint density at radius 3 is 2.39 bits per heavy atom. The summed E-state index contributed by atoms with van der Waals surface area (Å²) < 4.78 is 37.7. The Bertz CT molecular complexity index is 963. The van der Waals surface area contributed by atoms with Gasteiger partial charge in [0.2, 0.25) is 15.9 Å². The number of hydrogen-bond acceptors (Lipinski definition) is 6. The molecule has 0 saturated heterocycles. The number of fused-ring (bicyclic) bond motifs is 1. The minimum absolute atomic E-state index is 0.00883. The summed E-state index contributed by atoms with van der Waals surface area (Å²) in [4.78, 5) is 23.6. The van der Waals surface area contributed by atoms with Gasteiger partial charge in [-0.3, -0.25) is 20.4 Å². The van der Waals surface area contributed by atoms with Crippen LogP contribution in [0.1, 0.15) is 16.8 Å². The van der Waals surface area contributed by atoms with Crippen molar-refractivity contribution in [3.05, 3.63) is 54.1 Å². The van der Waals surface area contributed by atoms with Crippen molar-refractivity contribution >= 4 is 21.8 Å². The van der Waals surface area contributed by atoms with Crippen LogP contribution in [0.4, 0.5) is 0 Å². The molecule has 1 heterocycles. The molecular formula is C18H19N3O6S. The van der Waals surface area contributed by atoms with Crippen molar-refractivity contribution in [2.24, 2.45) is 0 Å². The Balaban J connectivity index is 1.47. The molecule has 0 fully saturated rings. The van der Waals surface area contributed by atoms with Crippen LogP contribution in [0.15, 0.2) is 53.4 Å². The van der Waals surface area contributed by atoms with Gasteiger partial charge in [0.25, 0.3) is 5.91 Å². The molecule has 1 aliphatic heterocycles. The number of carbonyl (C=O) groups excluding carboxylic acids is 2. The third-order valence-electron chi connectivity index (χ3n) is 3.82. The first kappa shape index (κ1) is 19.6. The van der Waals surface area contributed by atoms with Gasteiger partial charge >= 0.3 is 0 Å². The van der Waals surface area contributed by atoms with E-state index < -0.39 is 21.8 Å². The predicted molar refractivity (Wildman–Crippen MR) is 99.3 cm³/mol. The molecule has 10 heteroatoms. The molecule has 0 aromatic heterocycles. The van der Waals surface area contributed by atoms with Crippen molar-refractivity contribution in [3.8, 4) is 11.5 Å². The summed E-state index contributed by atoms with van der Waals surface area (Å²) in [5, 5.41) is 0. The summed E-state index contributed by atoms with van der Waals surface area (Å²) in [6.07, 6.45) is -0.154. The molecule has 148 valence electrons. The fourth-order valence-corrected chi connectivity index (χ4v) is 3.47. The van der Waals surface area contributed by atoms with Crippen LogP contribution in [0, 0.1) is 0 Å². The van der Waals surface area contributed by atoms with Crippen LogP contribution >= 0.6 is 0 Å². The third-order valence-corrected chi connectivity index (χ3v) is 5.28. The van der Waals surface area contributed by atoms with Crippen molar-refractivity contribution in [3.63, 3.8) is 0 Å². The van der Waals surface area contributed by atoms with Crippen molar-refractivity contribution < 1.29 is 27.5 Å². The van der Waals surface area contributed by atoms with E-state index in [1.54, 1.807) is 30.3 Å². The largest absolute Gasteiger partial charge is 0.486 e. The lowest BCUT2D eigenvalue weighted by molar-refractivity contribution is -0.121. The minimum atomic E-state index is -3.82. The van der Waals surface area contributed by atoms with E-state index in [4.69, 9.17) is 9.47 Å². The smallest absolute Gasteiger partial charge is 0.269 e. The van der Waals surface area contributed by atoms with Gasteiger partial charge < -0.3 is 9.47 Å². The molecule has 9 nitrogen and oxygen atoms in total. The SMILES string of the molecule is O=C(CCNS(=O)(=O)c1ccc2c(c1)OCCO2)NNC(=O)c1ccccc1. The highest BCUT2D eigenvalue weighted by Gasteiger charge is 2.19. The van der Waals surface area contributed by atoms with E-state index in [2.05, 4.69) is 15.6 Å². The van der Waals surface area contributed by atoms with Crippen LogP contribution in [0.25, 0.3) is 0 Å². The summed E-state index contributed by atoms with van der Waals surface area (Å²) in [5.74, 6) is -0.158. The number of ether oxygens (including phenoxy) is 2. The monoisotopic (exact) mass is 405 g/mol. The van der Waals surface area contributed by atoms with Crippen LogP contribution in [0.2, 0.25) is 0 Å². The molecule has 1 aliphatic rings. The number of nitrogens with one attached hydrogen (secondary N) is 3. The molecule has 0 saturated carbocycles. The van der Waals surface area contributed by atoms with E-state index in [1.165, 1.54) is 18.2 Å². The van der Waals surface area contributed by atoms with Gasteiger partial charge in [-0.1, -0.05) is 18.2 Å². The first-order chi connectivity index (χ1) is 13.5. The Hall–Kier alpha value is -3.11. The Morgan fingerprint density at radius 2 is 1.64 bits per heavy atom. The molecule has 0 aliphatic carbocycles. The summed E-state index contributed by atoms with van der Waals surface area (Å²) in [6.45, 7) is 0.621. The number of hydrogen-bond donors (Lipinski definition) is 3. The van der Waals surface area contributed by atoms with Crippen molar-refractivity contribution in [2.45, 2.75) is 11.3 Å². The molecule has 0 atom stereocenters. The molecule has 0 bridgehead atoms. The third kappa shape index (κ3) is 4.99. The van der Waals surface area contributed by atoms with E-state index in [0.29, 0.717) is 30.3 Å². The molecular weight excluding hydrogens is 386 g/mol. The zero-order chi connectivity index (χ0) is 20.0. The number of hydrazine groups is 1. The van der Waals surface area contributed by atoms with Crippen LogP contribution < -0.4 is 25.0 Å². The van der Waals surface area contributed by atoms with E-state index in [0.717, 1.165) is 0 Å². The first-order valence-electron chi connectivity index (χ1n) is 8.49. The Kier molecular flexibility index (Phi) is 6.12. The molecule has 0 radical (unpaired) electrons. The van der Waals surface area contributed by atoms with Crippen molar-refractivity contribution in [2.75, 3.05) is 19.8 Å². The number of benzene rings is 2. The van der Waals surface area contributed by atoms with Gasteiger partial charge in [-0.15, -0.1) is 0 Å². The maximum Gasteiger partial charge on any atom is 0.269 e. The number of amides is 2. The molecule has 2 amide bonds. The minimum Gasteiger partial charge on any atom is -0.486 e. The van der Waals surface area contributed by atoms with Gasteiger partial charge in [0.1, 0.15) is 13.2 Å². The van der Waals surface area contributed by atoms with Gasteiger partial charge in [-0.25, -0.2) is 13.1 Å². The molecule has 28 heavy (non-hydrogen) atoms. The highest BCUT2D eigenvalue weighted by Crippen LogP contribution is 2.32. The highest BCUT2D eigenvalue weighted by atomic mass is 32.2. The number of rotatable bonds is 6. The first-order valence-corrected chi connectivity index (χ1v) is 9.97. The topological polar surface area (TPSA) is 123 Å². The zero-order valence-electron chi connectivity index (χ0n) is 14.8. The number of carbonyl (C=O) groups is 2. The maximum atomic E-state index is 12.3. The lowest BCUT2D eigenvalue weighted by atomic mass is 10.2. The van der Waals surface area contributed by atoms with Gasteiger partial charge in [0, 0.05) is 24.6 Å².